The minimum absolute atomic E-state index is 0.0731. The highest BCUT2D eigenvalue weighted by Gasteiger charge is 2.14. The predicted octanol–water partition coefficient (Wildman–Crippen LogP) is 1.77. The quantitative estimate of drug-likeness (QED) is 0.931. The van der Waals surface area contributed by atoms with Crippen LogP contribution < -0.4 is 5.73 Å². The molecule has 1 amide bonds. The molecule has 2 N–H and O–H groups in total. The molecule has 1 aromatic heterocycles. The average molecular weight is 286 g/mol. The molecule has 2 rings (SSSR count). The number of rotatable bonds is 4. The third kappa shape index (κ3) is 3.49. The van der Waals surface area contributed by atoms with E-state index >= 15 is 0 Å². The second-order valence-electron chi connectivity index (χ2n) is 5.66. The van der Waals surface area contributed by atoms with Crippen LogP contribution in [0.1, 0.15) is 28.5 Å². The third-order valence-corrected chi connectivity index (χ3v) is 3.24. The molecular weight excluding hydrogens is 264 g/mol. The fourth-order valence-corrected chi connectivity index (χ4v) is 2.25. The monoisotopic (exact) mass is 286 g/mol. The Balaban J connectivity index is 2.40. The van der Waals surface area contributed by atoms with Gasteiger partial charge in [0.1, 0.15) is 0 Å². The molecule has 0 saturated heterocycles. The minimum Gasteiger partial charge on any atom is -0.343 e. The zero-order valence-electron chi connectivity index (χ0n) is 13.0. The molecule has 0 aliphatic heterocycles. The number of nitrogens with two attached hydrogens (primary N) is 1. The lowest BCUT2D eigenvalue weighted by molar-refractivity contribution is 0.0821. The van der Waals surface area contributed by atoms with Gasteiger partial charge in [-0.2, -0.15) is 5.10 Å². The van der Waals surface area contributed by atoms with E-state index in [2.05, 4.69) is 18.1 Å². The van der Waals surface area contributed by atoms with Crippen molar-refractivity contribution < 1.29 is 4.79 Å². The number of hydrogen-bond acceptors (Lipinski definition) is 3. The first-order valence-electron chi connectivity index (χ1n) is 7.01. The summed E-state index contributed by atoms with van der Waals surface area (Å²) >= 11 is 0. The first-order valence-corrected chi connectivity index (χ1v) is 7.01. The van der Waals surface area contributed by atoms with Crippen LogP contribution in [0.5, 0.6) is 0 Å². The van der Waals surface area contributed by atoms with Crippen LogP contribution in [0, 0.1) is 6.92 Å². The van der Waals surface area contributed by atoms with Gasteiger partial charge in [-0.25, -0.2) is 4.68 Å². The molecule has 1 atom stereocenters. The Morgan fingerprint density at radius 2 is 2.10 bits per heavy atom. The lowest BCUT2D eigenvalue weighted by Gasteiger charge is -2.13. The second kappa shape index (κ2) is 6.10. The van der Waals surface area contributed by atoms with Crippen LogP contribution in [0.15, 0.2) is 30.5 Å². The Morgan fingerprint density at radius 1 is 1.38 bits per heavy atom. The van der Waals surface area contributed by atoms with Crippen molar-refractivity contribution in [2.24, 2.45) is 5.73 Å². The maximum absolute atomic E-state index is 11.9. The summed E-state index contributed by atoms with van der Waals surface area (Å²) in [6, 6.07) is 7.98. The van der Waals surface area contributed by atoms with Gasteiger partial charge in [-0.3, -0.25) is 4.79 Å². The zero-order chi connectivity index (χ0) is 15.6. The van der Waals surface area contributed by atoms with E-state index in [1.807, 2.05) is 25.3 Å². The molecule has 21 heavy (non-hydrogen) atoms. The molecule has 0 fully saturated rings. The van der Waals surface area contributed by atoms with E-state index in [1.54, 1.807) is 24.8 Å². The Labute approximate surface area is 125 Å². The molecule has 2 aromatic rings. The van der Waals surface area contributed by atoms with Gasteiger partial charge in [0.2, 0.25) is 0 Å². The molecule has 0 radical (unpaired) electrons. The van der Waals surface area contributed by atoms with E-state index in [4.69, 9.17) is 5.73 Å². The summed E-state index contributed by atoms with van der Waals surface area (Å²) in [5, 5.41) is 4.38. The number of carbonyl (C=O) groups excluding carboxylic acids is 1. The molecule has 5 heteroatoms. The number of amides is 1. The Kier molecular flexibility index (Phi) is 4.43. The van der Waals surface area contributed by atoms with Gasteiger partial charge < -0.3 is 10.6 Å². The highest BCUT2D eigenvalue weighted by molar-refractivity contribution is 5.91. The van der Waals surface area contributed by atoms with Crippen LogP contribution in [0.3, 0.4) is 0 Å². The molecule has 0 aliphatic rings. The van der Waals surface area contributed by atoms with Crippen molar-refractivity contribution in [1.82, 2.24) is 14.7 Å². The minimum atomic E-state index is -0.102. The summed E-state index contributed by atoms with van der Waals surface area (Å²) in [4.78, 5) is 13.5. The average Bonchev–Trinajstić information content (AvgIpc) is 2.86. The summed E-state index contributed by atoms with van der Waals surface area (Å²) in [5.74, 6) is -0.102. The van der Waals surface area contributed by atoms with E-state index in [9.17, 15) is 4.79 Å². The Hall–Kier alpha value is -2.14. The number of carbonyl (C=O) groups is 1. The molecule has 0 saturated carbocycles. The van der Waals surface area contributed by atoms with Crippen LogP contribution in [0.25, 0.3) is 5.69 Å². The highest BCUT2D eigenvalue weighted by atomic mass is 16.2. The third-order valence-electron chi connectivity index (χ3n) is 3.24. The summed E-state index contributed by atoms with van der Waals surface area (Å²) in [6.07, 6.45) is 2.58. The first-order chi connectivity index (χ1) is 9.88. The molecule has 112 valence electrons. The van der Waals surface area contributed by atoms with Crippen molar-refractivity contribution in [1.29, 1.82) is 0 Å². The van der Waals surface area contributed by atoms with Crippen LogP contribution in [-0.4, -0.2) is 40.7 Å². The normalized spacial score (nSPS) is 12.2. The van der Waals surface area contributed by atoms with Crippen molar-refractivity contribution in [2.75, 3.05) is 14.1 Å². The van der Waals surface area contributed by atoms with Crippen LogP contribution in [-0.2, 0) is 6.42 Å². The summed E-state index contributed by atoms with van der Waals surface area (Å²) in [7, 11) is 3.43. The van der Waals surface area contributed by atoms with Crippen molar-refractivity contribution in [2.45, 2.75) is 26.3 Å². The largest absolute Gasteiger partial charge is 0.343 e. The molecule has 0 spiro atoms. The van der Waals surface area contributed by atoms with Gasteiger partial charge in [0.05, 0.1) is 5.69 Å². The number of aryl methyl sites for hydroxylation is 1. The standard InChI is InChI=1S/C16H22N4O/c1-11-5-6-15(13(9-11)10-12(2)17)20-8-7-14(18-20)16(21)19(3)4/h5-9,12H,10,17H2,1-4H3. The molecule has 0 aliphatic carbocycles. The van der Waals surface area contributed by atoms with Gasteiger partial charge in [0, 0.05) is 26.3 Å². The summed E-state index contributed by atoms with van der Waals surface area (Å²) < 4.78 is 1.74. The summed E-state index contributed by atoms with van der Waals surface area (Å²) in [6.45, 7) is 4.04. The van der Waals surface area contributed by atoms with E-state index in [0.717, 1.165) is 17.7 Å². The maximum atomic E-state index is 11.9. The second-order valence-corrected chi connectivity index (χ2v) is 5.66. The lowest BCUT2D eigenvalue weighted by atomic mass is 10.0. The molecule has 1 unspecified atom stereocenters. The van der Waals surface area contributed by atoms with Crippen molar-refractivity contribution in [3.63, 3.8) is 0 Å². The predicted molar refractivity (Wildman–Crippen MR) is 83.7 cm³/mol. The van der Waals surface area contributed by atoms with Gasteiger partial charge in [0.25, 0.3) is 5.91 Å². The number of nitrogens with zero attached hydrogens (tertiary/aromatic N) is 3. The number of aromatic nitrogens is 2. The van der Waals surface area contributed by atoms with Gasteiger partial charge in [-0.15, -0.1) is 0 Å². The Morgan fingerprint density at radius 3 is 2.71 bits per heavy atom. The van der Waals surface area contributed by atoms with Crippen molar-refractivity contribution in [3.8, 4) is 5.69 Å². The van der Waals surface area contributed by atoms with Crippen molar-refractivity contribution in [3.05, 3.63) is 47.3 Å². The molecule has 5 nitrogen and oxygen atoms in total. The van der Waals surface area contributed by atoms with Crippen LogP contribution in [0.2, 0.25) is 0 Å². The maximum Gasteiger partial charge on any atom is 0.273 e. The van der Waals surface area contributed by atoms with Crippen molar-refractivity contribution >= 4 is 5.91 Å². The van der Waals surface area contributed by atoms with E-state index in [0.29, 0.717) is 5.69 Å². The Bertz CT molecular complexity index is 643. The van der Waals surface area contributed by atoms with Gasteiger partial charge in [0.15, 0.2) is 5.69 Å². The lowest BCUT2D eigenvalue weighted by Crippen LogP contribution is -2.22. The molecule has 0 bridgehead atoms. The molecule has 1 heterocycles. The fourth-order valence-electron chi connectivity index (χ4n) is 2.25. The SMILES string of the molecule is Cc1ccc(-n2ccc(C(=O)N(C)C)n2)c(CC(C)N)c1. The van der Waals surface area contributed by atoms with Crippen LogP contribution >= 0.6 is 0 Å². The summed E-state index contributed by atoms with van der Waals surface area (Å²) in [5.41, 5.74) is 9.65. The highest BCUT2D eigenvalue weighted by Crippen LogP contribution is 2.18. The topological polar surface area (TPSA) is 64.2 Å². The first kappa shape index (κ1) is 15.3. The van der Waals surface area contributed by atoms with Gasteiger partial charge in [-0.05, 0) is 38.0 Å². The number of hydrogen-bond donors (Lipinski definition) is 1. The van der Waals surface area contributed by atoms with E-state index in [1.165, 1.54) is 10.5 Å². The fraction of sp³-hybridized carbons (Fsp3) is 0.375. The number of benzene rings is 1. The smallest absolute Gasteiger partial charge is 0.273 e. The van der Waals surface area contributed by atoms with Gasteiger partial charge in [-0.1, -0.05) is 17.7 Å². The van der Waals surface area contributed by atoms with E-state index < -0.39 is 0 Å². The zero-order valence-corrected chi connectivity index (χ0v) is 13.0. The molecular formula is C16H22N4O. The van der Waals surface area contributed by atoms with E-state index in [-0.39, 0.29) is 11.9 Å². The molecule has 1 aromatic carbocycles. The van der Waals surface area contributed by atoms with Crippen LogP contribution in [0.4, 0.5) is 0 Å². The van der Waals surface area contributed by atoms with Gasteiger partial charge >= 0.3 is 0 Å².